The maximum Gasteiger partial charge on any atom is 0.240 e. The zero-order valence-corrected chi connectivity index (χ0v) is 17.4. The summed E-state index contributed by atoms with van der Waals surface area (Å²) in [7, 11) is 2.21. The predicted octanol–water partition coefficient (Wildman–Crippen LogP) is 3.08. The second-order valence-electron chi connectivity index (χ2n) is 9.36. The van der Waals surface area contributed by atoms with Gasteiger partial charge in [0, 0.05) is 19.1 Å². The molecular weight excluding hydrogens is 350 g/mol. The summed E-state index contributed by atoms with van der Waals surface area (Å²) < 4.78 is 0. The molecule has 1 atom stereocenters. The van der Waals surface area contributed by atoms with Crippen LogP contribution in [0.1, 0.15) is 51.0 Å². The van der Waals surface area contributed by atoms with Gasteiger partial charge in [-0.1, -0.05) is 19.1 Å². The number of rotatable bonds is 6. The van der Waals surface area contributed by atoms with Crippen molar-refractivity contribution in [2.24, 2.45) is 5.41 Å². The fourth-order valence-corrected chi connectivity index (χ4v) is 5.18. The smallest absolute Gasteiger partial charge is 0.240 e. The van der Waals surface area contributed by atoms with E-state index >= 15 is 0 Å². The van der Waals surface area contributed by atoms with Crippen LogP contribution < -0.4 is 0 Å². The molecule has 1 aromatic rings. The highest BCUT2D eigenvalue weighted by Gasteiger charge is 2.49. The van der Waals surface area contributed by atoms with E-state index in [1.807, 2.05) is 12.1 Å². The van der Waals surface area contributed by atoms with Gasteiger partial charge in [-0.25, -0.2) is 0 Å². The van der Waals surface area contributed by atoms with E-state index in [9.17, 15) is 9.90 Å². The number of carbonyl (C=O) groups excluding carboxylic acids is 1. The van der Waals surface area contributed by atoms with Crippen LogP contribution in [0.25, 0.3) is 0 Å². The molecule has 2 heterocycles. The number of phenolic OH excluding ortho intramolecular Hbond substituents is 1. The molecule has 3 aliphatic rings. The van der Waals surface area contributed by atoms with Crippen LogP contribution in [-0.4, -0.2) is 71.0 Å². The number of hydrogen-bond donors (Lipinski definition) is 1. The maximum absolute atomic E-state index is 13.7. The van der Waals surface area contributed by atoms with Gasteiger partial charge in [0.05, 0.1) is 6.04 Å². The van der Waals surface area contributed by atoms with E-state index in [0.29, 0.717) is 23.9 Å². The second kappa shape index (κ2) is 8.03. The number of likely N-dealkylation sites (tertiary alicyclic amines) is 2. The highest BCUT2D eigenvalue weighted by atomic mass is 16.3. The highest BCUT2D eigenvalue weighted by molar-refractivity contribution is 5.83. The van der Waals surface area contributed by atoms with Gasteiger partial charge in [0.1, 0.15) is 5.75 Å². The molecule has 0 bridgehead atoms. The number of piperidine rings is 1. The Morgan fingerprint density at radius 2 is 2.04 bits per heavy atom. The molecule has 1 aromatic carbocycles. The van der Waals surface area contributed by atoms with E-state index in [-0.39, 0.29) is 11.8 Å². The van der Waals surface area contributed by atoms with Crippen molar-refractivity contribution in [3.8, 4) is 5.75 Å². The van der Waals surface area contributed by atoms with Crippen LogP contribution >= 0.6 is 0 Å². The van der Waals surface area contributed by atoms with E-state index in [2.05, 4.69) is 28.7 Å². The topological polar surface area (TPSA) is 47.0 Å². The molecule has 4 rings (SSSR count). The number of aromatic hydroxyl groups is 1. The van der Waals surface area contributed by atoms with Crippen molar-refractivity contribution in [1.82, 2.24) is 14.7 Å². The molecule has 1 saturated carbocycles. The maximum atomic E-state index is 13.7. The fourth-order valence-electron chi connectivity index (χ4n) is 5.18. The van der Waals surface area contributed by atoms with Crippen molar-refractivity contribution in [2.45, 2.75) is 64.1 Å². The average molecular weight is 386 g/mol. The Kier molecular flexibility index (Phi) is 5.66. The summed E-state index contributed by atoms with van der Waals surface area (Å²) in [6.45, 7) is 7.22. The third-order valence-electron chi connectivity index (χ3n) is 6.98. The minimum Gasteiger partial charge on any atom is -0.508 e. The monoisotopic (exact) mass is 385 g/mol. The number of hydrogen-bond acceptors (Lipinski definition) is 4. The standard InChI is InChI=1S/C23H35N3O2/c1-3-11-25-17-23(9-12-24(2)13-10-23)15-21(25)22(28)26(19-7-8-19)16-18-5-4-6-20(27)14-18/h4-6,14,19,21,27H,3,7-13,15-17H2,1-2H3/t21-/m0/s1. The number of nitrogens with zero attached hydrogens (tertiary/aromatic N) is 3. The molecule has 0 radical (unpaired) electrons. The van der Waals surface area contributed by atoms with E-state index < -0.39 is 0 Å². The summed E-state index contributed by atoms with van der Waals surface area (Å²) in [6.07, 6.45) is 6.76. The summed E-state index contributed by atoms with van der Waals surface area (Å²) >= 11 is 0. The molecule has 0 unspecified atom stereocenters. The van der Waals surface area contributed by atoms with Crippen LogP contribution in [-0.2, 0) is 11.3 Å². The van der Waals surface area contributed by atoms with Gasteiger partial charge in [0.2, 0.25) is 5.91 Å². The lowest BCUT2D eigenvalue weighted by Gasteiger charge is -2.37. The van der Waals surface area contributed by atoms with Gasteiger partial charge < -0.3 is 14.9 Å². The Balaban J connectivity index is 1.51. The molecule has 154 valence electrons. The second-order valence-corrected chi connectivity index (χ2v) is 9.36. The number of carbonyl (C=O) groups is 1. The predicted molar refractivity (Wildman–Crippen MR) is 111 cm³/mol. The molecule has 5 nitrogen and oxygen atoms in total. The molecule has 0 aromatic heterocycles. The molecule has 3 fully saturated rings. The first-order chi connectivity index (χ1) is 13.5. The van der Waals surface area contributed by atoms with Gasteiger partial charge in [-0.2, -0.15) is 0 Å². The Morgan fingerprint density at radius 1 is 1.29 bits per heavy atom. The Hall–Kier alpha value is -1.59. The lowest BCUT2D eigenvalue weighted by atomic mass is 9.76. The first-order valence-electron chi connectivity index (χ1n) is 11.0. The van der Waals surface area contributed by atoms with Crippen LogP contribution in [0.5, 0.6) is 5.75 Å². The zero-order valence-electron chi connectivity index (χ0n) is 17.4. The Morgan fingerprint density at radius 3 is 2.68 bits per heavy atom. The summed E-state index contributed by atoms with van der Waals surface area (Å²) in [5, 5.41) is 9.81. The van der Waals surface area contributed by atoms with Gasteiger partial charge in [0.15, 0.2) is 0 Å². The fraction of sp³-hybridized carbons (Fsp3) is 0.696. The van der Waals surface area contributed by atoms with Crippen molar-refractivity contribution in [3.05, 3.63) is 29.8 Å². The molecule has 1 amide bonds. The molecule has 1 aliphatic carbocycles. The van der Waals surface area contributed by atoms with Crippen molar-refractivity contribution in [1.29, 1.82) is 0 Å². The number of benzene rings is 1. The van der Waals surface area contributed by atoms with Crippen molar-refractivity contribution in [2.75, 3.05) is 33.2 Å². The van der Waals surface area contributed by atoms with Gasteiger partial charge in [-0.15, -0.1) is 0 Å². The molecular formula is C23H35N3O2. The van der Waals surface area contributed by atoms with Gasteiger partial charge in [0.25, 0.3) is 0 Å². The Labute approximate surface area is 169 Å². The third-order valence-corrected chi connectivity index (χ3v) is 6.98. The largest absolute Gasteiger partial charge is 0.508 e. The molecule has 1 spiro atoms. The summed E-state index contributed by atoms with van der Waals surface area (Å²) in [6, 6.07) is 7.77. The van der Waals surface area contributed by atoms with Gasteiger partial charge in [-0.05, 0) is 88.3 Å². The molecule has 2 saturated heterocycles. The number of amides is 1. The van der Waals surface area contributed by atoms with E-state index in [1.54, 1.807) is 12.1 Å². The number of phenols is 1. The van der Waals surface area contributed by atoms with Crippen LogP contribution in [0.15, 0.2) is 24.3 Å². The molecule has 28 heavy (non-hydrogen) atoms. The summed E-state index contributed by atoms with van der Waals surface area (Å²) in [5.41, 5.74) is 1.34. The lowest BCUT2D eigenvalue weighted by Crippen LogP contribution is -2.46. The average Bonchev–Trinajstić information content (AvgIpc) is 3.46. The van der Waals surface area contributed by atoms with Crippen LogP contribution in [0.2, 0.25) is 0 Å². The van der Waals surface area contributed by atoms with Crippen LogP contribution in [0.3, 0.4) is 0 Å². The first-order valence-corrected chi connectivity index (χ1v) is 11.0. The van der Waals surface area contributed by atoms with Crippen molar-refractivity contribution < 1.29 is 9.90 Å². The van der Waals surface area contributed by atoms with E-state index in [0.717, 1.165) is 57.4 Å². The minimum absolute atomic E-state index is 0.0289. The summed E-state index contributed by atoms with van der Waals surface area (Å²) in [5.74, 6) is 0.592. The van der Waals surface area contributed by atoms with Crippen LogP contribution in [0, 0.1) is 5.41 Å². The Bertz CT molecular complexity index is 695. The zero-order chi connectivity index (χ0) is 19.7. The first kappa shape index (κ1) is 19.7. The van der Waals surface area contributed by atoms with Crippen LogP contribution in [0.4, 0.5) is 0 Å². The highest BCUT2D eigenvalue weighted by Crippen LogP contribution is 2.44. The quantitative estimate of drug-likeness (QED) is 0.818. The van der Waals surface area contributed by atoms with E-state index in [1.165, 1.54) is 12.8 Å². The summed E-state index contributed by atoms with van der Waals surface area (Å²) in [4.78, 5) is 20.7. The normalized spacial score (nSPS) is 25.3. The SMILES string of the molecule is CCCN1CC2(CCN(C)CC2)C[C@H]1C(=O)N(Cc1cccc(O)c1)C1CC1. The molecule has 1 N–H and O–H groups in total. The van der Waals surface area contributed by atoms with Crippen molar-refractivity contribution >= 4 is 5.91 Å². The van der Waals surface area contributed by atoms with Gasteiger partial charge >= 0.3 is 0 Å². The lowest BCUT2D eigenvalue weighted by molar-refractivity contribution is -0.137. The van der Waals surface area contributed by atoms with Gasteiger partial charge in [-0.3, -0.25) is 9.69 Å². The molecule has 2 aliphatic heterocycles. The van der Waals surface area contributed by atoms with Crippen molar-refractivity contribution in [3.63, 3.8) is 0 Å². The molecule has 5 heteroatoms. The third kappa shape index (κ3) is 4.20. The minimum atomic E-state index is 0.0289. The van der Waals surface area contributed by atoms with E-state index in [4.69, 9.17) is 0 Å².